The summed E-state index contributed by atoms with van der Waals surface area (Å²) in [6.45, 7) is 0.880. The normalized spacial score (nSPS) is 20.3. The van der Waals surface area contributed by atoms with Gasteiger partial charge in [-0.05, 0) is 23.6 Å². The summed E-state index contributed by atoms with van der Waals surface area (Å²) in [7, 11) is 1.67. The molecule has 22 heavy (non-hydrogen) atoms. The van der Waals surface area contributed by atoms with E-state index in [0.29, 0.717) is 0 Å². The van der Waals surface area contributed by atoms with Gasteiger partial charge < -0.3 is 15.2 Å². The highest BCUT2D eigenvalue weighted by Gasteiger charge is 2.36. The molecule has 2 aliphatic rings. The molecule has 0 aromatic heterocycles. The molecule has 2 aliphatic heterocycles. The molecule has 0 spiro atoms. The molecule has 2 aromatic rings. The maximum Gasteiger partial charge on any atom is 0.121 e. The van der Waals surface area contributed by atoms with Gasteiger partial charge in [-0.2, -0.15) is 0 Å². The number of aliphatic imine (C=N–C) groups is 1. The summed E-state index contributed by atoms with van der Waals surface area (Å²) >= 11 is 0. The van der Waals surface area contributed by atoms with Crippen LogP contribution in [-0.4, -0.2) is 24.5 Å². The number of methoxy groups -OCH3 is 1. The van der Waals surface area contributed by atoms with Gasteiger partial charge in [0.25, 0.3) is 0 Å². The molecule has 0 amide bonds. The van der Waals surface area contributed by atoms with Gasteiger partial charge in [-0.1, -0.05) is 30.3 Å². The van der Waals surface area contributed by atoms with E-state index in [-0.39, 0.29) is 6.04 Å². The second kappa shape index (κ2) is 5.23. The smallest absolute Gasteiger partial charge is 0.121 e. The third-order valence-corrected chi connectivity index (χ3v) is 4.43. The third-order valence-electron chi connectivity index (χ3n) is 4.43. The summed E-state index contributed by atoms with van der Waals surface area (Å²) in [6.07, 6.45) is 0.267. The summed E-state index contributed by atoms with van der Waals surface area (Å²) in [5.41, 5.74) is 5.01. The van der Waals surface area contributed by atoms with E-state index in [4.69, 9.17) is 9.73 Å². The average Bonchev–Trinajstić information content (AvgIpc) is 2.95. The van der Waals surface area contributed by atoms with Crippen LogP contribution in [0.1, 0.15) is 28.8 Å². The van der Waals surface area contributed by atoms with Crippen LogP contribution in [0.2, 0.25) is 0 Å². The van der Waals surface area contributed by atoms with Gasteiger partial charge in [0.1, 0.15) is 11.9 Å². The molecule has 4 nitrogen and oxygen atoms in total. The Hall–Kier alpha value is -2.17. The zero-order valence-electron chi connectivity index (χ0n) is 12.4. The fraction of sp³-hybridized carbons (Fsp3) is 0.278. The lowest BCUT2D eigenvalue weighted by Gasteiger charge is -2.26. The van der Waals surface area contributed by atoms with E-state index in [1.165, 1.54) is 11.1 Å². The quantitative estimate of drug-likeness (QED) is 0.915. The molecule has 2 atom stereocenters. The first-order valence-corrected chi connectivity index (χ1v) is 7.53. The van der Waals surface area contributed by atoms with E-state index in [0.717, 1.165) is 35.7 Å². The number of nitrogens with zero attached hydrogens (tertiary/aromatic N) is 1. The number of hydrogen-bond donors (Lipinski definition) is 2. The van der Waals surface area contributed by atoms with Gasteiger partial charge in [-0.15, -0.1) is 0 Å². The lowest BCUT2D eigenvalue weighted by atomic mass is 9.89. The molecule has 4 rings (SSSR count). The van der Waals surface area contributed by atoms with Gasteiger partial charge in [0.2, 0.25) is 0 Å². The van der Waals surface area contributed by atoms with Crippen molar-refractivity contribution in [1.82, 2.24) is 5.32 Å². The summed E-state index contributed by atoms with van der Waals surface area (Å²) < 4.78 is 5.37. The Morgan fingerprint density at radius 2 is 2.09 bits per heavy atom. The zero-order valence-corrected chi connectivity index (χ0v) is 12.4. The number of benzene rings is 2. The van der Waals surface area contributed by atoms with Gasteiger partial charge in [-0.25, -0.2) is 0 Å². The van der Waals surface area contributed by atoms with Crippen LogP contribution >= 0.6 is 0 Å². The van der Waals surface area contributed by atoms with Crippen molar-refractivity contribution in [2.75, 3.05) is 13.7 Å². The second-order valence-electron chi connectivity index (χ2n) is 5.71. The van der Waals surface area contributed by atoms with Crippen LogP contribution in [0.3, 0.4) is 0 Å². The molecule has 4 heteroatoms. The Balaban J connectivity index is 1.78. The molecule has 0 aliphatic carbocycles. The molecule has 0 radical (unpaired) electrons. The fourth-order valence-electron chi connectivity index (χ4n) is 3.35. The highest BCUT2D eigenvalue weighted by molar-refractivity contribution is 6.02. The number of rotatable bonds is 3. The van der Waals surface area contributed by atoms with Crippen molar-refractivity contribution in [2.45, 2.75) is 18.6 Å². The van der Waals surface area contributed by atoms with E-state index in [2.05, 4.69) is 11.4 Å². The molecule has 2 aromatic carbocycles. The number of aliphatic hydroxyl groups excluding tert-OH is 1. The van der Waals surface area contributed by atoms with Gasteiger partial charge in [-0.3, -0.25) is 4.99 Å². The van der Waals surface area contributed by atoms with Crippen LogP contribution in [-0.2, 0) is 6.42 Å². The molecule has 2 heterocycles. The van der Waals surface area contributed by atoms with E-state index >= 15 is 0 Å². The minimum atomic E-state index is -0.692. The molecule has 0 fully saturated rings. The summed E-state index contributed by atoms with van der Waals surface area (Å²) in [5.74, 6) is 0.827. The van der Waals surface area contributed by atoms with Crippen molar-refractivity contribution in [3.8, 4) is 5.75 Å². The van der Waals surface area contributed by atoms with Crippen molar-refractivity contribution in [2.24, 2.45) is 4.99 Å². The van der Waals surface area contributed by atoms with E-state index in [1.807, 2.05) is 36.4 Å². The lowest BCUT2D eigenvalue weighted by molar-refractivity contribution is 0.242. The molecule has 2 N–H and O–H groups in total. The molecular weight excluding hydrogens is 276 g/mol. The van der Waals surface area contributed by atoms with Crippen LogP contribution in [0.25, 0.3) is 0 Å². The monoisotopic (exact) mass is 294 g/mol. The minimum Gasteiger partial charge on any atom is -0.497 e. The highest BCUT2D eigenvalue weighted by Crippen LogP contribution is 2.44. The van der Waals surface area contributed by atoms with Crippen LogP contribution in [0.15, 0.2) is 47.5 Å². The largest absolute Gasteiger partial charge is 0.497 e. The first-order valence-electron chi connectivity index (χ1n) is 7.53. The molecule has 112 valence electrons. The number of nitrogens with one attached hydrogen (secondary N) is 1. The Morgan fingerprint density at radius 1 is 1.27 bits per heavy atom. The average molecular weight is 294 g/mol. The molecular formula is C18H18N2O2. The van der Waals surface area contributed by atoms with Crippen molar-refractivity contribution in [1.29, 1.82) is 0 Å². The predicted octanol–water partition coefficient (Wildman–Crippen LogP) is 2.70. The Labute approximate surface area is 129 Å². The van der Waals surface area contributed by atoms with E-state index in [9.17, 15) is 5.11 Å². The van der Waals surface area contributed by atoms with E-state index < -0.39 is 6.10 Å². The summed E-state index contributed by atoms with van der Waals surface area (Å²) in [4.78, 5) is 4.71. The standard InChI is InChI=1S/C18H18N2O2/c1-22-13-9-12-7-8-19-16-15(12)14(10-13)20-17(16)18(21)11-5-3-2-4-6-11/h2-6,9-10,16,18-19,21H,7-8H2,1H3. The van der Waals surface area contributed by atoms with Crippen LogP contribution in [0.4, 0.5) is 5.69 Å². The van der Waals surface area contributed by atoms with Crippen molar-refractivity contribution in [3.05, 3.63) is 59.2 Å². The van der Waals surface area contributed by atoms with Gasteiger partial charge in [0.15, 0.2) is 0 Å². The molecule has 2 unspecified atom stereocenters. The Bertz CT molecular complexity index is 740. The molecule has 0 bridgehead atoms. The van der Waals surface area contributed by atoms with Crippen molar-refractivity contribution >= 4 is 11.4 Å². The summed E-state index contributed by atoms with van der Waals surface area (Å²) in [6, 6.07) is 13.7. The second-order valence-corrected chi connectivity index (χ2v) is 5.71. The van der Waals surface area contributed by atoms with Gasteiger partial charge in [0, 0.05) is 18.2 Å². The van der Waals surface area contributed by atoms with E-state index in [1.54, 1.807) is 7.11 Å². The SMILES string of the molecule is COc1cc2c3c(c1)N=C(C(O)c1ccccc1)C3NCC2. The Morgan fingerprint density at radius 3 is 2.86 bits per heavy atom. The van der Waals surface area contributed by atoms with Crippen LogP contribution in [0, 0.1) is 0 Å². The van der Waals surface area contributed by atoms with Crippen molar-refractivity contribution in [3.63, 3.8) is 0 Å². The Kier molecular flexibility index (Phi) is 3.21. The first kappa shape index (κ1) is 13.5. The zero-order chi connectivity index (χ0) is 15.1. The highest BCUT2D eigenvalue weighted by atomic mass is 16.5. The van der Waals surface area contributed by atoms with Crippen molar-refractivity contribution < 1.29 is 9.84 Å². The number of hydrogen-bond acceptors (Lipinski definition) is 4. The lowest BCUT2D eigenvalue weighted by Crippen LogP contribution is -2.35. The maximum absolute atomic E-state index is 10.7. The predicted molar refractivity (Wildman–Crippen MR) is 85.9 cm³/mol. The van der Waals surface area contributed by atoms with Crippen LogP contribution in [0.5, 0.6) is 5.75 Å². The van der Waals surface area contributed by atoms with Crippen LogP contribution < -0.4 is 10.1 Å². The molecule has 0 saturated heterocycles. The van der Waals surface area contributed by atoms with Gasteiger partial charge in [0.05, 0.1) is 24.6 Å². The minimum absolute atomic E-state index is 0.000128. The van der Waals surface area contributed by atoms with Gasteiger partial charge >= 0.3 is 0 Å². The number of aliphatic hydroxyl groups is 1. The maximum atomic E-state index is 10.7. The first-order chi connectivity index (χ1) is 10.8. The topological polar surface area (TPSA) is 53.9 Å². The molecule has 0 saturated carbocycles. The fourth-order valence-corrected chi connectivity index (χ4v) is 3.35. The third kappa shape index (κ3) is 2.03. The number of ether oxygens (including phenoxy) is 1. The summed E-state index contributed by atoms with van der Waals surface area (Å²) in [5, 5.41) is 14.2.